The van der Waals surface area contributed by atoms with Crippen molar-refractivity contribution in [3.8, 4) is 0 Å². The molecule has 0 bridgehead atoms. The molecular formula is C13H30N2O. The van der Waals surface area contributed by atoms with Crippen LogP contribution in [0.5, 0.6) is 0 Å². The fourth-order valence-corrected chi connectivity index (χ4v) is 2.00. The quantitative estimate of drug-likeness (QED) is 0.561. The highest BCUT2D eigenvalue weighted by Gasteiger charge is 2.18. The molecule has 3 nitrogen and oxygen atoms in total. The van der Waals surface area contributed by atoms with Gasteiger partial charge in [0.25, 0.3) is 0 Å². The van der Waals surface area contributed by atoms with Crippen LogP contribution in [0.3, 0.4) is 0 Å². The number of aliphatic hydroxyl groups excluding tert-OH is 1. The number of nitrogens with one attached hydrogen (secondary N) is 1. The summed E-state index contributed by atoms with van der Waals surface area (Å²) < 4.78 is 0. The van der Waals surface area contributed by atoms with E-state index in [0.29, 0.717) is 12.0 Å². The van der Waals surface area contributed by atoms with E-state index in [1.54, 1.807) is 0 Å². The highest BCUT2D eigenvalue weighted by molar-refractivity contribution is 4.74. The first-order chi connectivity index (χ1) is 7.52. The number of nitrogens with zero attached hydrogens (tertiary/aromatic N) is 1. The summed E-state index contributed by atoms with van der Waals surface area (Å²) in [6, 6.07) is 0. The van der Waals surface area contributed by atoms with Gasteiger partial charge in [-0.3, -0.25) is 0 Å². The van der Waals surface area contributed by atoms with Crippen LogP contribution >= 0.6 is 0 Å². The number of aliphatic hydroxyl groups is 1. The molecule has 0 unspecified atom stereocenters. The fourth-order valence-electron chi connectivity index (χ4n) is 2.00. The van der Waals surface area contributed by atoms with Gasteiger partial charge in [0.1, 0.15) is 0 Å². The molecule has 0 aliphatic heterocycles. The normalized spacial score (nSPS) is 12.4. The lowest BCUT2D eigenvalue weighted by Gasteiger charge is -2.30. The Morgan fingerprint density at radius 2 is 1.88 bits per heavy atom. The van der Waals surface area contributed by atoms with Crippen LogP contribution in [0.4, 0.5) is 0 Å². The Kier molecular flexibility index (Phi) is 8.90. The van der Waals surface area contributed by atoms with E-state index in [2.05, 4.69) is 38.0 Å². The van der Waals surface area contributed by atoms with Crippen molar-refractivity contribution in [2.75, 3.05) is 39.8 Å². The van der Waals surface area contributed by atoms with Crippen LogP contribution in [0.25, 0.3) is 0 Å². The van der Waals surface area contributed by atoms with Gasteiger partial charge in [0, 0.05) is 19.7 Å². The van der Waals surface area contributed by atoms with Crippen molar-refractivity contribution in [2.24, 2.45) is 5.41 Å². The third-order valence-corrected chi connectivity index (χ3v) is 2.75. The molecule has 0 rings (SSSR count). The molecular weight excluding hydrogens is 200 g/mol. The monoisotopic (exact) mass is 230 g/mol. The Bertz CT molecular complexity index is 160. The Hall–Kier alpha value is -0.120. The van der Waals surface area contributed by atoms with Crippen LogP contribution in [0, 0.1) is 5.41 Å². The van der Waals surface area contributed by atoms with Crippen LogP contribution in [0.1, 0.15) is 40.0 Å². The molecule has 3 heteroatoms. The van der Waals surface area contributed by atoms with E-state index in [4.69, 9.17) is 5.11 Å². The molecule has 0 radical (unpaired) electrons. The van der Waals surface area contributed by atoms with Crippen LogP contribution in [-0.2, 0) is 0 Å². The maximum Gasteiger partial charge on any atom is 0.0431 e. The van der Waals surface area contributed by atoms with Crippen molar-refractivity contribution in [3.63, 3.8) is 0 Å². The van der Waals surface area contributed by atoms with E-state index in [-0.39, 0.29) is 0 Å². The zero-order valence-corrected chi connectivity index (χ0v) is 11.6. The first kappa shape index (κ1) is 15.9. The molecule has 0 aromatic rings. The first-order valence-electron chi connectivity index (χ1n) is 6.52. The molecule has 0 atom stereocenters. The topological polar surface area (TPSA) is 35.5 Å². The Morgan fingerprint density at radius 3 is 2.44 bits per heavy atom. The van der Waals surface area contributed by atoms with Crippen molar-refractivity contribution in [2.45, 2.75) is 40.0 Å². The van der Waals surface area contributed by atoms with E-state index in [1.807, 2.05) is 0 Å². The highest BCUT2D eigenvalue weighted by Crippen LogP contribution is 2.15. The minimum absolute atomic E-state index is 0.329. The standard InChI is InChI=1S/C13H30N2O/c1-5-14-11-13(2,3)12-15(4)9-7-6-8-10-16/h14,16H,5-12H2,1-4H3. The highest BCUT2D eigenvalue weighted by atomic mass is 16.2. The molecule has 2 N–H and O–H groups in total. The number of rotatable bonds is 10. The molecule has 0 aliphatic carbocycles. The van der Waals surface area contributed by atoms with Gasteiger partial charge in [-0.15, -0.1) is 0 Å². The fraction of sp³-hybridized carbons (Fsp3) is 1.00. The number of unbranched alkanes of at least 4 members (excludes halogenated alkanes) is 2. The lowest BCUT2D eigenvalue weighted by molar-refractivity contribution is 0.200. The SMILES string of the molecule is CCNCC(C)(C)CN(C)CCCCCO. The number of hydrogen-bond acceptors (Lipinski definition) is 3. The summed E-state index contributed by atoms with van der Waals surface area (Å²) in [7, 11) is 2.19. The zero-order valence-electron chi connectivity index (χ0n) is 11.6. The van der Waals surface area contributed by atoms with Crippen molar-refractivity contribution >= 4 is 0 Å². The molecule has 0 heterocycles. The van der Waals surface area contributed by atoms with Crippen molar-refractivity contribution in [3.05, 3.63) is 0 Å². The maximum atomic E-state index is 8.69. The smallest absolute Gasteiger partial charge is 0.0431 e. The second-order valence-corrected chi connectivity index (χ2v) is 5.47. The predicted molar refractivity (Wildman–Crippen MR) is 70.8 cm³/mol. The molecule has 0 saturated heterocycles. The van der Waals surface area contributed by atoms with Gasteiger partial charge in [-0.25, -0.2) is 0 Å². The molecule has 0 fully saturated rings. The molecule has 0 saturated carbocycles. The van der Waals surface area contributed by atoms with Gasteiger partial charge in [-0.2, -0.15) is 0 Å². The van der Waals surface area contributed by atoms with Gasteiger partial charge in [-0.1, -0.05) is 20.8 Å². The first-order valence-corrected chi connectivity index (χ1v) is 6.52. The summed E-state index contributed by atoms with van der Waals surface area (Å²) in [4.78, 5) is 2.40. The van der Waals surface area contributed by atoms with Gasteiger partial charge < -0.3 is 15.3 Å². The Balaban J connectivity index is 3.63. The Morgan fingerprint density at radius 1 is 1.19 bits per heavy atom. The van der Waals surface area contributed by atoms with Crippen LogP contribution in [0.2, 0.25) is 0 Å². The summed E-state index contributed by atoms with van der Waals surface area (Å²) >= 11 is 0. The van der Waals surface area contributed by atoms with Crippen LogP contribution in [-0.4, -0.2) is 49.8 Å². The van der Waals surface area contributed by atoms with Gasteiger partial charge >= 0.3 is 0 Å². The third-order valence-electron chi connectivity index (χ3n) is 2.75. The second kappa shape index (κ2) is 8.97. The summed E-state index contributed by atoms with van der Waals surface area (Å²) in [5.74, 6) is 0. The van der Waals surface area contributed by atoms with E-state index >= 15 is 0 Å². The average Bonchev–Trinajstić information content (AvgIpc) is 2.21. The maximum absolute atomic E-state index is 8.69. The number of hydrogen-bond donors (Lipinski definition) is 2. The molecule has 0 spiro atoms. The predicted octanol–water partition coefficient (Wildman–Crippen LogP) is 1.72. The third kappa shape index (κ3) is 9.13. The van der Waals surface area contributed by atoms with E-state index in [0.717, 1.165) is 39.0 Å². The minimum atomic E-state index is 0.329. The molecule has 0 aromatic heterocycles. The van der Waals surface area contributed by atoms with E-state index in [1.165, 1.54) is 6.42 Å². The summed E-state index contributed by atoms with van der Waals surface area (Å²) in [6.45, 7) is 11.5. The van der Waals surface area contributed by atoms with Crippen molar-refractivity contribution in [1.82, 2.24) is 10.2 Å². The van der Waals surface area contributed by atoms with E-state index < -0.39 is 0 Å². The summed E-state index contributed by atoms with van der Waals surface area (Å²) in [5.41, 5.74) is 0.335. The van der Waals surface area contributed by atoms with E-state index in [9.17, 15) is 0 Å². The summed E-state index contributed by atoms with van der Waals surface area (Å²) in [5, 5.41) is 12.1. The van der Waals surface area contributed by atoms with Crippen LogP contribution < -0.4 is 5.32 Å². The average molecular weight is 230 g/mol. The van der Waals surface area contributed by atoms with Gasteiger partial charge in [-0.05, 0) is 44.8 Å². The Labute approximate surface area is 101 Å². The lowest BCUT2D eigenvalue weighted by Crippen LogP contribution is -2.39. The molecule has 0 amide bonds. The lowest BCUT2D eigenvalue weighted by atomic mass is 9.92. The van der Waals surface area contributed by atoms with Gasteiger partial charge in [0.15, 0.2) is 0 Å². The molecule has 0 aromatic carbocycles. The van der Waals surface area contributed by atoms with Crippen LogP contribution in [0.15, 0.2) is 0 Å². The zero-order chi connectivity index (χ0) is 12.4. The van der Waals surface area contributed by atoms with Gasteiger partial charge in [0.2, 0.25) is 0 Å². The summed E-state index contributed by atoms with van der Waals surface area (Å²) in [6.07, 6.45) is 3.26. The largest absolute Gasteiger partial charge is 0.396 e. The van der Waals surface area contributed by atoms with Crippen molar-refractivity contribution < 1.29 is 5.11 Å². The second-order valence-electron chi connectivity index (χ2n) is 5.47. The molecule has 0 aliphatic rings. The van der Waals surface area contributed by atoms with Crippen molar-refractivity contribution in [1.29, 1.82) is 0 Å². The van der Waals surface area contributed by atoms with Gasteiger partial charge in [0.05, 0.1) is 0 Å². The minimum Gasteiger partial charge on any atom is -0.396 e. The molecule has 16 heavy (non-hydrogen) atoms. The molecule has 98 valence electrons.